The fraction of sp³-hybridized carbons (Fsp3) is 0.300. The van der Waals surface area contributed by atoms with Gasteiger partial charge in [-0.2, -0.15) is 0 Å². The molecular weight excluding hydrogens is 350 g/mol. The highest BCUT2D eigenvalue weighted by Crippen LogP contribution is 2.41. The number of aryl methyl sites for hydroxylation is 2. The minimum atomic E-state index is -3.16. The Balaban J connectivity index is 1.73. The van der Waals surface area contributed by atoms with Gasteiger partial charge in [-0.15, -0.1) is 0 Å². The number of nitrogens with one attached hydrogen (secondary N) is 1. The molecule has 0 aliphatic heterocycles. The number of hydrogen-bond donors (Lipinski definition) is 2. The van der Waals surface area contributed by atoms with E-state index in [1.165, 1.54) is 0 Å². The first-order valence-electron chi connectivity index (χ1n) is 8.49. The van der Waals surface area contributed by atoms with E-state index in [2.05, 4.69) is 4.72 Å². The van der Waals surface area contributed by atoms with Crippen molar-refractivity contribution in [2.24, 2.45) is 0 Å². The van der Waals surface area contributed by atoms with Crippen LogP contribution in [0, 0.1) is 13.8 Å². The molecule has 2 aromatic rings. The number of fused-ring (bicyclic) bond motifs is 1. The number of aliphatic hydroxyl groups is 1. The van der Waals surface area contributed by atoms with Gasteiger partial charge in [0.2, 0.25) is 10.0 Å². The van der Waals surface area contributed by atoms with Gasteiger partial charge >= 0.3 is 0 Å². The molecule has 5 nitrogen and oxygen atoms in total. The molecule has 2 aromatic carbocycles. The molecule has 0 fully saturated rings. The average molecular weight is 373 g/mol. The van der Waals surface area contributed by atoms with Crippen LogP contribution < -0.4 is 9.46 Å². The number of hydrogen-bond acceptors (Lipinski definition) is 4. The smallest absolute Gasteiger partial charge is 0.208 e. The van der Waals surface area contributed by atoms with Crippen molar-refractivity contribution < 1.29 is 18.3 Å². The quantitative estimate of drug-likeness (QED) is 0.726. The Morgan fingerprint density at radius 3 is 2.42 bits per heavy atom. The molecule has 1 aliphatic rings. The monoisotopic (exact) mass is 373 g/mol. The highest BCUT2D eigenvalue weighted by Gasteiger charge is 2.22. The largest absolute Gasteiger partial charge is 0.507 e. The minimum absolute atomic E-state index is 0.327. The van der Waals surface area contributed by atoms with Gasteiger partial charge in [0, 0.05) is 12.1 Å². The average Bonchev–Trinajstić information content (AvgIpc) is 2.51. The molecule has 2 N–H and O–H groups in total. The van der Waals surface area contributed by atoms with Crippen molar-refractivity contribution in [1.29, 1.82) is 0 Å². The molecule has 0 spiro atoms. The van der Waals surface area contributed by atoms with E-state index in [0.717, 1.165) is 45.4 Å². The highest BCUT2D eigenvalue weighted by molar-refractivity contribution is 7.88. The van der Waals surface area contributed by atoms with Crippen LogP contribution in [0.3, 0.4) is 0 Å². The maximum Gasteiger partial charge on any atom is 0.208 e. The summed E-state index contributed by atoms with van der Waals surface area (Å²) < 4.78 is 30.3. The van der Waals surface area contributed by atoms with E-state index in [4.69, 9.17) is 4.74 Å². The van der Waals surface area contributed by atoms with Gasteiger partial charge in [0.25, 0.3) is 0 Å². The van der Waals surface area contributed by atoms with Gasteiger partial charge in [-0.25, -0.2) is 13.1 Å². The first-order valence-corrected chi connectivity index (χ1v) is 10.4. The van der Waals surface area contributed by atoms with E-state index >= 15 is 0 Å². The van der Waals surface area contributed by atoms with Crippen LogP contribution in [-0.4, -0.2) is 32.9 Å². The molecule has 0 saturated carbocycles. The molecule has 1 aliphatic carbocycles. The van der Waals surface area contributed by atoms with Crippen LogP contribution in [0.25, 0.3) is 23.0 Å². The molecule has 0 amide bonds. The molecule has 0 atom stereocenters. The molecule has 0 aromatic heterocycles. The van der Waals surface area contributed by atoms with Gasteiger partial charge < -0.3 is 9.84 Å². The van der Waals surface area contributed by atoms with E-state index in [9.17, 15) is 13.5 Å². The van der Waals surface area contributed by atoms with Crippen molar-refractivity contribution in [1.82, 2.24) is 4.72 Å². The van der Waals surface area contributed by atoms with Crippen LogP contribution in [0.1, 0.15) is 28.7 Å². The topological polar surface area (TPSA) is 75.6 Å². The molecule has 6 heteroatoms. The van der Waals surface area contributed by atoms with Crippen LogP contribution in [0.4, 0.5) is 0 Å². The molecule has 0 heterocycles. The lowest BCUT2D eigenvalue weighted by atomic mass is 9.84. The summed E-state index contributed by atoms with van der Waals surface area (Å²) in [7, 11) is -3.16. The summed E-state index contributed by atoms with van der Waals surface area (Å²) in [5.74, 6) is 1.09. The molecule has 0 bridgehead atoms. The third-order valence-electron chi connectivity index (χ3n) is 4.37. The highest BCUT2D eigenvalue weighted by atomic mass is 32.2. The predicted octanol–water partition coefficient (Wildman–Crippen LogP) is 3.66. The Bertz CT molecular complexity index is 954. The Labute approximate surface area is 154 Å². The first kappa shape index (κ1) is 18.5. The summed E-state index contributed by atoms with van der Waals surface area (Å²) in [6.07, 6.45) is 3.51. The van der Waals surface area contributed by atoms with Crippen molar-refractivity contribution in [3.63, 3.8) is 0 Å². The molecule has 0 radical (unpaired) electrons. The summed E-state index contributed by atoms with van der Waals surface area (Å²) in [6, 6.07) is 9.96. The van der Waals surface area contributed by atoms with Gasteiger partial charge in [0.05, 0.1) is 12.9 Å². The Hall–Kier alpha value is -2.31. The van der Waals surface area contributed by atoms with Crippen molar-refractivity contribution in [2.45, 2.75) is 20.3 Å². The summed E-state index contributed by atoms with van der Waals surface area (Å²) >= 11 is 0. The van der Waals surface area contributed by atoms with E-state index in [-0.39, 0.29) is 0 Å². The van der Waals surface area contributed by atoms with E-state index < -0.39 is 10.0 Å². The lowest BCUT2D eigenvalue weighted by molar-refractivity contribution is 0.311. The van der Waals surface area contributed by atoms with Crippen LogP contribution in [0.2, 0.25) is 0 Å². The van der Waals surface area contributed by atoms with Crippen LogP contribution >= 0.6 is 0 Å². The van der Waals surface area contributed by atoms with Crippen LogP contribution in [0.5, 0.6) is 5.75 Å². The predicted molar refractivity (Wildman–Crippen MR) is 105 cm³/mol. The zero-order valence-corrected chi connectivity index (χ0v) is 16.0. The first-order chi connectivity index (χ1) is 12.3. The van der Waals surface area contributed by atoms with Gasteiger partial charge in [0.1, 0.15) is 11.5 Å². The fourth-order valence-corrected chi connectivity index (χ4v) is 3.79. The third kappa shape index (κ3) is 3.92. The van der Waals surface area contributed by atoms with Crippen LogP contribution in [-0.2, 0) is 10.0 Å². The Kier molecular flexibility index (Phi) is 5.07. The molecule has 3 rings (SSSR count). The Morgan fingerprint density at radius 2 is 1.81 bits per heavy atom. The second-order valence-corrected chi connectivity index (χ2v) is 8.43. The molecule has 138 valence electrons. The molecular formula is C20H23NO4S. The van der Waals surface area contributed by atoms with E-state index in [1.807, 2.05) is 44.2 Å². The van der Waals surface area contributed by atoms with Crippen LogP contribution in [0.15, 0.2) is 30.3 Å². The minimum Gasteiger partial charge on any atom is -0.507 e. The van der Waals surface area contributed by atoms with E-state index in [0.29, 0.717) is 25.3 Å². The fourth-order valence-electron chi connectivity index (χ4n) is 3.28. The normalized spacial score (nSPS) is 13.0. The summed E-state index contributed by atoms with van der Waals surface area (Å²) in [4.78, 5) is 0. The zero-order chi connectivity index (χ0) is 18.9. The SMILES string of the molecule is Cc1cc(OCCCNS(C)(=O)=O)cc(C)c1-c1cccc2c1C(O)=C2. The lowest BCUT2D eigenvalue weighted by Gasteiger charge is -2.22. The van der Waals surface area contributed by atoms with Gasteiger partial charge in [-0.1, -0.05) is 18.2 Å². The number of rotatable bonds is 7. The third-order valence-corrected chi connectivity index (χ3v) is 5.10. The number of sulfonamides is 1. The maximum absolute atomic E-state index is 11.0. The second-order valence-electron chi connectivity index (χ2n) is 6.60. The summed E-state index contributed by atoms with van der Waals surface area (Å²) in [5, 5.41) is 9.99. The Morgan fingerprint density at radius 1 is 1.12 bits per heavy atom. The van der Waals surface area contributed by atoms with Gasteiger partial charge in [0.15, 0.2) is 0 Å². The van der Waals surface area contributed by atoms with Crippen molar-refractivity contribution in [3.8, 4) is 16.9 Å². The summed E-state index contributed by atoms with van der Waals surface area (Å²) in [5.41, 5.74) is 6.23. The van der Waals surface area contributed by atoms with Gasteiger partial charge in [-0.05, 0) is 66.3 Å². The summed E-state index contributed by atoms with van der Waals surface area (Å²) in [6.45, 7) is 4.85. The zero-order valence-electron chi connectivity index (χ0n) is 15.2. The van der Waals surface area contributed by atoms with Crippen molar-refractivity contribution in [3.05, 3.63) is 52.6 Å². The van der Waals surface area contributed by atoms with Crippen molar-refractivity contribution >= 4 is 21.9 Å². The molecule has 0 unspecified atom stereocenters. The standard InChI is InChI=1S/C20H23NO4S/c1-13-10-16(25-9-5-8-21-26(3,23)24)11-14(2)19(13)17-7-4-6-15-12-18(22)20(15)17/h4,6-7,10-12,21-22H,5,8-9H2,1-3H3. The van der Waals surface area contributed by atoms with E-state index in [1.54, 1.807) is 6.08 Å². The van der Waals surface area contributed by atoms with Gasteiger partial charge in [-0.3, -0.25) is 0 Å². The number of benzene rings is 2. The maximum atomic E-state index is 11.0. The number of aliphatic hydroxyl groups excluding tert-OH is 1. The van der Waals surface area contributed by atoms with Crippen molar-refractivity contribution in [2.75, 3.05) is 19.4 Å². The molecule has 0 saturated heterocycles. The lowest BCUT2D eigenvalue weighted by Crippen LogP contribution is -2.24. The molecule has 26 heavy (non-hydrogen) atoms. The number of ether oxygens (including phenoxy) is 1. The second kappa shape index (κ2) is 7.13.